The molecule has 0 unspecified atom stereocenters. The molecule has 2 aromatic heterocycles. The summed E-state index contributed by atoms with van der Waals surface area (Å²) < 4.78 is 26.9. The standard InChI is InChI=1S/C17H22N4O3S2/c1-17(2,3)16-18-10-12(11-19-16)20-15(22)14-13(6-9-25-14)26(23,24)21-7-4-5-8-21/h6,9-11H,4-5,7-8H2,1-3H3,(H,20,22). The number of carbonyl (C=O) groups excluding carboxylic acids is 1. The molecule has 9 heteroatoms. The summed E-state index contributed by atoms with van der Waals surface area (Å²) in [5, 5.41) is 4.31. The summed E-state index contributed by atoms with van der Waals surface area (Å²) in [6.07, 6.45) is 4.77. The number of anilines is 1. The first-order chi connectivity index (χ1) is 12.2. The molecule has 140 valence electrons. The zero-order valence-corrected chi connectivity index (χ0v) is 16.7. The number of sulfonamides is 1. The Morgan fingerprint density at radius 3 is 2.38 bits per heavy atom. The fourth-order valence-electron chi connectivity index (χ4n) is 2.70. The fourth-order valence-corrected chi connectivity index (χ4v) is 5.51. The molecule has 0 saturated carbocycles. The first-order valence-electron chi connectivity index (χ1n) is 8.41. The van der Waals surface area contributed by atoms with Gasteiger partial charge in [-0.2, -0.15) is 4.31 Å². The van der Waals surface area contributed by atoms with Crippen LogP contribution in [0.3, 0.4) is 0 Å². The van der Waals surface area contributed by atoms with Crippen LogP contribution in [-0.4, -0.2) is 41.7 Å². The second-order valence-electron chi connectivity index (χ2n) is 7.22. The van der Waals surface area contributed by atoms with Gasteiger partial charge in [-0.05, 0) is 24.3 Å². The lowest BCUT2D eigenvalue weighted by molar-refractivity contribution is 0.102. The molecule has 0 radical (unpaired) electrons. The SMILES string of the molecule is CC(C)(C)c1ncc(NC(=O)c2sccc2S(=O)(=O)N2CCCC2)cn1. The first-order valence-corrected chi connectivity index (χ1v) is 10.7. The number of aromatic nitrogens is 2. The maximum absolute atomic E-state index is 12.8. The average molecular weight is 395 g/mol. The van der Waals surface area contributed by atoms with Gasteiger partial charge < -0.3 is 5.32 Å². The third-order valence-electron chi connectivity index (χ3n) is 4.10. The Morgan fingerprint density at radius 2 is 1.81 bits per heavy atom. The number of hydrogen-bond donors (Lipinski definition) is 1. The van der Waals surface area contributed by atoms with E-state index in [0.717, 1.165) is 24.2 Å². The summed E-state index contributed by atoms with van der Waals surface area (Å²) in [7, 11) is -3.64. The van der Waals surface area contributed by atoms with Crippen molar-refractivity contribution in [1.29, 1.82) is 0 Å². The molecule has 3 rings (SSSR count). The van der Waals surface area contributed by atoms with E-state index in [4.69, 9.17) is 0 Å². The molecule has 0 aromatic carbocycles. The molecule has 1 N–H and O–H groups in total. The van der Waals surface area contributed by atoms with E-state index in [2.05, 4.69) is 15.3 Å². The van der Waals surface area contributed by atoms with E-state index in [9.17, 15) is 13.2 Å². The van der Waals surface area contributed by atoms with Crippen LogP contribution in [-0.2, 0) is 15.4 Å². The Bertz CT molecular complexity index is 893. The van der Waals surface area contributed by atoms with Crippen molar-refractivity contribution in [1.82, 2.24) is 14.3 Å². The Balaban J connectivity index is 1.80. The molecule has 1 saturated heterocycles. The zero-order chi connectivity index (χ0) is 18.9. The van der Waals surface area contributed by atoms with Gasteiger partial charge in [-0.15, -0.1) is 11.3 Å². The van der Waals surface area contributed by atoms with Crippen molar-refractivity contribution in [3.05, 3.63) is 34.5 Å². The van der Waals surface area contributed by atoms with Gasteiger partial charge in [0.05, 0.1) is 18.1 Å². The molecule has 0 spiro atoms. The Hall–Kier alpha value is -1.84. The van der Waals surface area contributed by atoms with Gasteiger partial charge in [0.1, 0.15) is 15.6 Å². The molecule has 0 bridgehead atoms. The Kier molecular flexibility index (Phi) is 5.14. The average Bonchev–Trinajstić information content (AvgIpc) is 3.26. The summed E-state index contributed by atoms with van der Waals surface area (Å²) >= 11 is 1.11. The third-order valence-corrected chi connectivity index (χ3v) is 7.08. The number of carbonyl (C=O) groups is 1. The van der Waals surface area contributed by atoms with Gasteiger partial charge in [0.2, 0.25) is 10.0 Å². The lowest BCUT2D eigenvalue weighted by Crippen LogP contribution is -2.29. The minimum atomic E-state index is -3.64. The predicted octanol–water partition coefficient (Wildman–Crippen LogP) is 2.87. The highest BCUT2D eigenvalue weighted by Gasteiger charge is 2.31. The van der Waals surface area contributed by atoms with Crippen LogP contribution in [0, 0.1) is 0 Å². The van der Waals surface area contributed by atoms with Gasteiger partial charge in [0.15, 0.2) is 0 Å². The molecule has 26 heavy (non-hydrogen) atoms. The second-order valence-corrected chi connectivity index (χ2v) is 10.0. The lowest BCUT2D eigenvalue weighted by atomic mass is 9.96. The van der Waals surface area contributed by atoms with Gasteiger partial charge in [-0.1, -0.05) is 20.8 Å². The summed E-state index contributed by atoms with van der Waals surface area (Å²) in [4.78, 5) is 21.4. The van der Waals surface area contributed by atoms with Crippen LogP contribution in [0.5, 0.6) is 0 Å². The summed E-state index contributed by atoms with van der Waals surface area (Å²) in [5.41, 5.74) is 0.244. The molecule has 3 heterocycles. The quantitative estimate of drug-likeness (QED) is 0.861. The summed E-state index contributed by atoms with van der Waals surface area (Å²) in [5.74, 6) is 0.203. The van der Waals surface area contributed by atoms with E-state index in [1.807, 2.05) is 20.8 Å². The Labute approximate surface area is 157 Å². The molecule has 1 fully saturated rings. The third kappa shape index (κ3) is 3.79. The maximum Gasteiger partial charge on any atom is 0.267 e. The topological polar surface area (TPSA) is 92.3 Å². The number of rotatable bonds is 4. The normalized spacial score (nSPS) is 16.0. The van der Waals surface area contributed by atoms with E-state index in [1.54, 1.807) is 5.38 Å². The monoisotopic (exact) mass is 394 g/mol. The van der Waals surface area contributed by atoms with Crippen molar-refractivity contribution in [3.63, 3.8) is 0 Å². The van der Waals surface area contributed by atoms with Crippen LogP contribution in [0.4, 0.5) is 5.69 Å². The molecule has 0 atom stereocenters. The van der Waals surface area contributed by atoms with Crippen LogP contribution < -0.4 is 5.32 Å². The van der Waals surface area contributed by atoms with Crippen LogP contribution in [0.2, 0.25) is 0 Å². The number of amides is 1. The molecule has 1 aliphatic heterocycles. The van der Waals surface area contributed by atoms with E-state index < -0.39 is 15.9 Å². The largest absolute Gasteiger partial charge is 0.319 e. The van der Waals surface area contributed by atoms with Crippen LogP contribution in [0.15, 0.2) is 28.7 Å². The molecule has 2 aromatic rings. The highest BCUT2D eigenvalue weighted by atomic mass is 32.2. The summed E-state index contributed by atoms with van der Waals surface area (Å²) in [6, 6.07) is 1.49. The lowest BCUT2D eigenvalue weighted by Gasteiger charge is -2.17. The van der Waals surface area contributed by atoms with Crippen molar-refractivity contribution in [3.8, 4) is 0 Å². The number of hydrogen-bond acceptors (Lipinski definition) is 6. The van der Waals surface area contributed by atoms with Crippen molar-refractivity contribution >= 4 is 33.0 Å². The van der Waals surface area contributed by atoms with Gasteiger partial charge in [0, 0.05) is 18.5 Å². The van der Waals surface area contributed by atoms with Crippen molar-refractivity contribution < 1.29 is 13.2 Å². The maximum atomic E-state index is 12.8. The number of thiophene rings is 1. The highest BCUT2D eigenvalue weighted by Crippen LogP contribution is 2.28. The molecule has 1 aliphatic rings. The van der Waals surface area contributed by atoms with Gasteiger partial charge in [0.25, 0.3) is 5.91 Å². The molecular formula is C17H22N4O3S2. The number of nitrogens with one attached hydrogen (secondary N) is 1. The van der Waals surface area contributed by atoms with Gasteiger partial charge >= 0.3 is 0 Å². The van der Waals surface area contributed by atoms with Crippen LogP contribution >= 0.6 is 11.3 Å². The van der Waals surface area contributed by atoms with E-state index in [-0.39, 0.29) is 15.2 Å². The Morgan fingerprint density at radius 1 is 1.19 bits per heavy atom. The van der Waals surface area contributed by atoms with Crippen molar-refractivity contribution in [2.45, 2.75) is 43.9 Å². The first kappa shape index (κ1) is 18.9. The van der Waals surface area contributed by atoms with E-state index >= 15 is 0 Å². The zero-order valence-electron chi connectivity index (χ0n) is 15.0. The van der Waals surface area contributed by atoms with E-state index in [0.29, 0.717) is 24.6 Å². The summed E-state index contributed by atoms with van der Waals surface area (Å²) in [6.45, 7) is 7.01. The predicted molar refractivity (Wildman–Crippen MR) is 101 cm³/mol. The van der Waals surface area contributed by atoms with Gasteiger partial charge in [-0.3, -0.25) is 4.79 Å². The number of nitrogens with zero attached hydrogens (tertiary/aromatic N) is 3. The molecular weight excluding hydrogens is 372 g/mol. The van der Waals surface area contributed by atoms with Crippen molar-refractivity contribution in [2.75, 3.05) is 18.4 Å². The molecule has 7 nitrogen and oxygen atoms in total. The smallest absolute Gasteiger partial charge is 0.267 e. The fraction of sp³-hybridized carbons (Fsp3) is 0.471. The van der Waals surface area contributed by atoms with Crippen LogP contribution in [0.1, 0.15) is 49.1 Å². The van der Waals surface area contributed by atoms with Gasteiger partial charge in [-0.25, -0.2) is 18.4 Å². The van der Waals surface area contributed by atoms with Crippen molar-refractivity contribution in [2.24, 2.45) is 0 Å². The second kappa shape index (κ2) is 7.05. The minimum Gasteiger partial charge on any atom is -0.319 e. The molecule has 0 aliphatic carbocycles. The molecule has 1 amide bonds. The highest BCUT2D eigenvalue weighted by molar-refractivity contribution is 7.89. The minimum absolute atomic E-state index is 0.0640. The van der Waals surface area contributed by atoms with Crippen LogP contribution in [0.25, 0.3) is 0 Å². The van der Waals surface area contributed by atoms with E-state index in [1.165, 1.54) is 22.8 Å².